The van der Waals surface area contributed by atoms with E-state index in [1.165, 1.54) is 22.2 Å². The highest BCUT2D eigenvalue weighted by Crippen LogP contribution is 2.28. The Labute approximate surface area is 186 Å². The number of nitrogens with two attached hydrogens (primary N) is 1. The fraction of sp³-hybridized carbons (Fsp3) is 0.304. The first-order chi connectivity index (χ1) is 14.6. The Kier molecular flexibility index (Phi) is 8.59. The molecule has 2 aromatic carbocycles. The summed E-state index contributed by atoms with van der Waals surface area (Å²) in [5, 5.41) is 4.15. The summed E-state index contributed by atoms with van der Waals surface area (Å²) in [6.45, 7) is 0.718. The molecule has 0 spiro atoms. The minimum absolute atomic E-state index is 0.0703. The molecule has 158 valence electrons. The van der Waals surface area contributed by atoms with Crippen LogP contribution in [-0.2, 0) is 11.2 Å². The molecule has 5 nitrogen and oxygen atoms in total. The molecule has 0 aliphatic heterocycles. The lowest BCUT2D eigenvalue weighted by atomic mass is 10.2. The number of amides is 1. The number of rotatable bonds is 11. The van der Waals surface area contributed by atoms with Crippen LogP contribution in [0, 0.1) is 0 Å². The second-order valence-electron chi connectivity index (χ2n) is 6.87. The average molecular weight is 442 g/mol. The summed E-state index contributed by atoms with van der Waals surface area (Å²) in [4.78, 5) is 18.7. The fourth-order valence-electron chi connectivity index (χ4n) is 2.88. The van der Waals surface area contributed by atoms with Gasteiger partial charge in [-0.15, -0.1) is 23.1 Å². The van der Waals surface area contributed by atoms with Crippen molar-refractivity contribution < 1.29 is 9.53 Å². The molecule has 0 atom stereocenters. The van der Waals surface area contributed by atoms with Gasteiger partial charge in [0.25, 0.3) is 0 Å². The van der Waals surface area contributed by atoms with E-state index in [9.17, 15) is 4.79 Å². The molecule has 0 radical (unpaired) electrons. The van der Waals surface area contributed by atoms with Gasteiger partial charge in [0.2, 0.25) is 5.91 Å². The van der Waals surface area contributed by atoms with Gasteiger partial charge in [-0.3, -0.25) is 4.79 Å². The molecule has 1 aromatic heterocycles. The largest absolute Gasteiger partial charge is 0.497 e. The highest BCUT2D eigenvalue weighted by Gasteiger charge is 2.06. The molecule has 30 heavy (non-hydrogen) atoms. The predicted octanol–water partition coefficient (Wildman–Crippen LogP) is 5.02. The minimum Gasteiger partial charge on any atom is -0.497 e. The molecule has 7 heteroatoms. The van der Waals surface area contributed by atoms with E-state index in [1.54, 1.807) is 18.4 Å². The number of nitrogen functional groups attached to an aromatic ring is 1. The lowest BCUT2D eigenvalue weighted by Gasteiger charge is -2.05. The Morgan fingerprint density at radius 3 is 2.60 bits per heavy atom. The third-order valence-corrected chi connectivity index (χ3v) is 6.69. The van der Waals surface area contributed by atoms with Crippen LogP contribution >= 0.6 is 23.1 Å². The van der Waals surface area contributed by atoms with Crippen molar-refractivity contribution in [2.24, 2.45) is 0 Å². The number of benzene rings is 2. The molecule has 3 rings (SSSR count). The van der Waals surface area contributed by atoms with Crippen molar-refractivity contribution in [1.29, 1.82) is 0 Å². The molecule has 1 heterocycles. The molecule has 0 saturated carbocycles. The SMILES string of the molecule is COc1ccc(-c2cnc(CCCCCNC(=O)CSc3ccc(N)cc3)s2)cc1. The number of hydrogen-bond donors (Lipinski definition) is 2. The van der Waals surface area contributed by atoms with E-state index in [0.717, 1.165) is 53.6 Å². The van der Waals surface area contributed by atoms with Crippen molar-refractivity contribution >= 4 is 34.7 Å². The van der Waals surface area contributed by atoms with Crippen molar-refractivity contribution in [3.05, 3.63) is 59.7 Å². The average Bonchev–Trinajstić information content (AvgIpc) is 3.25. The van der Waals surface area contributed by atoms with Gasteiger partial charge in [-0.2, -0.15) is 0 Å². The number of carbonyl (C=O) groups excluding carboxylic acids is 1. The summed E-state index contributed by atoms with van der Waals surface area (Å²) in [6, 6.07) is 15.6. The van der Waals surface area contributed by atoms with Gasteiger partial charge in [-0.25, -0.2) is 4.98 Å². The first kappa shape index (κ1) is 22.2. The Morgan fingerprint density at radius 1 is 1.10 bits per heavy atom. The number of anilines is 1. The van der Waals surface area contributed by atoms with Crippen LogP contribution in [0.25, 0.3) is 10.4 Å². The summed E-state index contributed by atoms with van der Waals surface area (Å²) < 4.78 is 5.20. The van der Waals surface area contributed by atoms with Crippen LogP contribution in [0.4, 0.5) is 5.69 Å². The summed E-state index contributed by atoms with van der Waals surface area (Å²) in [5.41, 5.74) is 7.57. The lowest BCUT2D eigenvalue weighted by Crippen LogP contribution is -2.26. The third-order valence-electron chi connectivity index (χ3n) is 4.57. The number of ether oxygens (including phenoxy) is 1. The number of thioether (sulfide) groups is 1. The van der Waals surface area contributed by atoms with E-state index in [4.69, 9.17) is 10.5 Å². The number of thiazole rings is 1. The van der Waals surface area contributed by atoms with Crippen molar-refractivity contribution in [1.82, 2.24) is 10.3 Å². The molecule has 3 aromatic rings. The molecule has 0 aliphatic carbocycles. The first-order valence-electron chi connectivity index (χ1n) is 9.98. The van der Waals surface area contributed by atoms with Gasteiger partial charge in [0.1, 0.15) is 5.75 Å². The van der Waals surface area contributed by atoms with E-state index < -0.39 is 0 Å². The van der Waals surface area contributed by atoms with Crippen LogP contribution in [0.2, 0.25) is 0 Å². The van der Waals surface area contributed by atoms with E-state index >= 15 is 0 Å². The van der Waals surface area contributed by atoms with Crippen LogP contribution in [0.5, 0.6) is 5.75 Å². The molecule has 0 fully saturated rings. The van der Waals surface area contributed by atoms with Crippen molar-refractivity contribution in [3.63, 3.8) is 0 Å². The fourth-order valence-corrected chi connectivity index (χ4v) is 4.58. The van der Waals surface area contributed by atoms with E-state index in [1.807, 2.05) is 42.6 Å². The Morgan fingerprint density at radius 2 is 1.87 bits per heavy atom. The van der Waals surface area contributed by atoms with Gasteiger partial charge >= 0.3 is 0 Å². The Balaban J connectivity index is 1.28. The molecule has 0 unspecified atom stereocenters. The maximum Gasteiger partial charge on any atom is 0.230 e. The number of nitrogens with one attached hydrogen (secondary N) is 1. The Hall–Kier alpha value is -2.51. The minimum atomic E-state index is 0.0703. The lowest BCUT2D eigenvalue weighted by molar-refractivity contribution is -0.118. The van der Waals surface area contributed by atoms with Crippen LogP contribution in [0.15, 0.2) is 59.6 Å². The maximum absolute atomic E-state index is 11.9. The molecule has 0 bridgehead atoms. The predicted molar refractivity (Wildman–Crippen MR) is 126 cm³/mol. The second-order valence-corrected chi connectivity index (χ2v) is 9.03. The van der Waals surface area contributed by atoms with E-state index in [-0.39, 0.29) is 5.91 Å². The standard InChI is InChI=1S/C23H27N3O2S2/c1-28-19-10-6-17(7-11-19)21-15-26-23(30-21)5-3-2-4-14-25-22(27)16-29-20-12-8-18(24)9-13-20/h6-13,15H,2-5,14,16,24H2,1H3,(H,25,27). The molecule has 0 saturated heterocycles. The number of carbonyl (C=O) groups is 1. The summed E-state index contributed by atoms with van der Waals surface area (Å²) in [5.74, 6) is 1.36. The molecular weight excluding hydrogens is 414 g/mol. The topological polar surface area (TPSA) is 77.2 Å². The van der Waals surface area contributed by atoms with Gasteiger partial charge in [0.05, 0.1) is 22.7 Å². The number of hydrogen-bond acceptors (Lipinski definition) is 6. The number of methoxy groups -OCH3 is 1. The smallest absolute Gasteiger partial charge is 0.230 e. The highest BCUT2D eigenvalue weighted by molar-refractivity contribution is 8.00. The van der Waals surface area contributed by atoms with Crippen LogP contribution < -0.4 is 15.8 Å². The van der Waals surface area contributed by atoms with Crippen molar-refractivity contribution in [3.8, 4) is 16.2 Å². The zero-order chi connectivity index (χ0) is 21.2. The summed E-state index contributed by atoms with van der Waals surface area (Å²) in [6.07, 6.45) is 6.05. The zero-order valence-electron chi connectivity index (χ0n) is 17.1. The second kappa shape index (κ2) is 11.6. The van der Waals surface area contributed by atoms with Crippen LogP contribution in [0.3, 0.4) is 0 Å². The van der Waals surface area contributed by atoms with Gasteiger partial charge in [0, 0.05) is 23.3 Å². The number of aryl methyl sites for hydroxylation is 1. The van der Waals surface area contributed by atoms with Crippen LogP contribution in [-0.4, -0.2) is 30.3 Å². The zero-order valence-corrected chi connectivity index (χ0v) is 18.7. The molecule has 1 amide bonds. The first-order valence-corrected chi connectivity index (χ1v) is 11.8. The summed E-state index contributed by atoms with van der Waals surface area (Å²) >= 11 is 3.27. The van der Waals surface area contributed by atoms with Gasteiger partial charge in [-0.05, 0) is 73.4 Å². The van der Waals surface area contributed by atoms with Crippen LogP contribution in [0.1, 0.15) is 24.3 Å². The Bertz CT molecular complexity index is 924. The van der Waals surface area contributed by atoms with E-state index in [2.05, 4.69) is 22.4 Å². The van der Waals surface area contributed by atoms with Crippen molar-refractivity contribution in [2.75, 3.05) is 25.1 Å². The van der Waals surface area contributed by atoms with Gasteiger partial charge in [0.15, 0.2) is 0 Å². The summed E-state index contributed by atoms with van der Waals surface area (Å²) in [7, 11) is 1.67. The number of nitrogens with zero attached hydrogens (tertiary/aromatic N) is 1. The highest BCUT2D eigenvalue weighted by atomic mass is 32.2. The van der Waals surface area contributed by atoms with Gasteiger partial charge < -0.3 is 15.8 Å². The maximum atomic E-state index is 11.9. The number of aromatic nitrogens is 1. The van der Waals surface area contributed by atoms with E-state index in [0.29, 0.717) is 5.75 Å². The molecule has 3 N–H and O–H groups in total. The number of unbranched alkanes of at least 4 members (excludes halogenated alkanes) is 2. The quantitative estimate of drug-likeness (QED) is 0.248. The monoisotopic (exact) mass is 441 g/mol. The normalized spacial score (nSPS) is 10.7. The van der Waals surface area contributed by atoms with Gasteiger partial charge in [-0.1, -0.05) is 6.42 Å². The molecule has 0 aliphatic rings. The van der Waals surface area contributed by atoms with Crippen molar-refractivity contribution in [2.45, 2.75) is 30.6 Å². The third kappa shape index (κ3) is 7.07. The molecular formula is C23H27N3O2S2.